The monoisotopic (exact) mass is 395 g/mol. The molecule has 0 spiro atoms. The highest BCUT2D eigenvalue weighted by Crippen LogP contribution is 2.34. The number of fused-ring (bicyclic) bond motifs is 3. The normalized spacial score (nSPS) is 13.4. The summed E-state index contributed by atoms with van der Waals surface area (Å²) < 4.78 is 4.87. The van der Waals surface area contributed by atoms with Gasteiger partial charge in [-0.2, -0.15) is 4.98 Å². The van der Waals surface area contributed by atoms with Crippen LogP contribution in [-0.2, 0) is 20.1 Å². The maximum Gasteiger partial charge on any atom is 0.332 e. The van der Waals surface area contributed by atoms with Crippen molar-refractivity contribution in [2.75, 3.05) is 11.4 Å². The number of unbranched alkanes of at least 4 members (excludes halogenated alkanes) is 3. The van der Waals surface area contributed by atoms with Gasteiger partial charge in [-0.25, -0.2) is 4.79 Å². The van der Waals surface area contributed by atoms with E-state index < -0.39 is 0 Å². The van der Waals surface area contributed by atoms with Crippen molar-refractivity contribution in [2.24, 2.45) is 7.05 Å². The molecule has 3 aromatic rings. The zero-order valence-electron chi connectivity index (χ0n) is 17.7. The van der Waals surface area contributed by atoms with E-state index in [9.17, 15) is 9.59 Å². The molecule has 7 heteroatoms. The molecular formula is C22H29N5O2. The van der Waals surface area contributed by atoms with Crippen molar-refractivity contribution >= 4 is 22.8 Å². The maximum absolute atomic E-state index is 13.2. The number of rotatable bonds is 6. The summed E-state index contributed by atoms with van der Waals surface area (Å²) in [5, 5.41) is 0. The van der Waals surface area contributed by atoms with Gasteiger partial charge in [0.15, 0.2) is 11.2 Å². The number of benzene rings is 1. The van der Waals surface area contributed by atoms with Crippen molar-refractivity contribution in [1.82, 2.24) is 18.7 Å². The quantitative estimate of drug-likeness (QED) is 0.601. The number of imidazole rings is 1. The zero-order valence-corrected chi connectivity index (χ0v) is 17.7. The molecule has 0 fully saturated rings. The first kappa shape index (κ1) is 19.5. The minimum Gasteiger partial charge on any atom is -0.310 e. The minimum absolute atomic E-state index is 0.221. The van der Waals surface area contributed by atoms with E-state index in [4.69, 9.17) is 4.98 Å². The number of hydrogen-bond donors (Lipinski definition) is 0. The fourth-order valence-electron chi connectivity index (χ4n) is 4.21. The van der Waals surface area contributed by atoms with Gasteiger partial charge >= 0.3 is 5.69 Å². The van der Waals surface area contributed by atoms with Crippen LogP contribution in [0.1, 0.15) is 43.7 Å². The van der Waals surface area contributed by atoms with Crippen LogP contribution in [0.2, 0.25) is 0 Å². The second-order valence-electron chi connectivity index (χ2n) is 8.04. The first-order valence-electron chi connectivity index (χ1n) is 10.5. The summed E-state index contributed by atoms with van der Waals surface area (Å²) in [6.45, 7) is 8.21. The standard InChI is InChI=1S/C22H29N5O2/c1-5-6-7-8-11-27-20(28)18-19(24(4)22(27)29)23-21-25(12-13-26(18)21)17-14-15(2)9-10-16(17)3/h9-10,14H,5-8,11-13H2,1-4H3. The van der Waals surface area contributed by atoms with Crippen LogP contribution in [-0.4, -0.2) is 25.2 Å². The summed E-state index contributed by atoms with van der Waals surface area (Å²) in [4.78, 5) is 32.9. The molecule has 29 heavy (non-hydrogen) atoms. The van der Waals surface area contributed by atoms with Crippen LogP contribution < -0.4 is 16.1 Å². The Labute approximate surface area is 170 Å². The predicted octanol–water partition coefficient (Wildman–Crippen LogP) is 3.25. The largest absolute Gasteiger partial charge is 0.332 e. The lowest BCUT2D eigenvalue weighted by Gasteiger charge is -2.19. The molecule has 1 aliphatic rings. The van der Waals surface area contributed by atoms with Crippen molar-refractivity contribution in [3.63, 3.8) is 0 Å². The fourth-order valence-corrected chi connectivity index (χ4v) is 4.21. The Bertz CT molecular complexity index is 1180. The van der Waals surface area contributed by atoms with E-state index in [1.807, 2.05) is 4.57 Å². The Balaban J connectivity index is 1.83. The van der Waals surface area contributed by atoms with Crippen LogP contribution in [0.5, 0.6) is 0 Å². The van der Waals surface area contributed by atoms with Gasteiger partial charge in [-0.3, -0.25) is 13.9 Å². The van der Waals surface area contributed by atoms with Crippen LogP contribution in [0.3, 0.4) is 0 Å². The molecule has 0 amide bonds. The zero-order chi connectivity index (χ0) is 20.7. The number of hydrogen-bond acceptors (Lipinski definition) is 4. The van der Waals surface area contributed by atoms with Gasteiger partial charge in [-0.1, -0.05) is 38.3 Å². The van der Waals surface area contributed by atoms with E-state index in [0.717, 1.165) is 43.9 Å². The van der Waals surface area contributed by atoms with E-state index in [-0.39, 0.29) is 11.2 Å². The molecule has 0 bridgehead atoms. The topological polar surface area (TPSA) is 65.1 Å². The van der Waals surface area contributed by atoms with Crippen LogP contribution >= 0.6 is 0 Å². The molecule has 0 atom stereocenters. The third-order valence-electron chi connectivity index (χ3n) is 5.89. The van der Waals surface area contributed by atoms with E-state index >= 15 is 0 Å². The van der Waals surface area contributed by atoms with E-state index in [0.29, 0.717) is 24.3 Å². The Morgan fingerprint density at radius 1 is 1.07 bits per heavy atom. The Kier molecular flexibility index (Phi) is 5.06. The molecule has 3 heterocycles. The summed E-state index contributed by atoms with van der Waals surface area (Å²) in [5.74, 6) is 0.740. The molecular weight excluding hydrogens is 366 g/mol. The number of aromatic nitrogens is 4. The first-order chi connectivity index (χ1) is 13.9. The SMILES string of the molecule is CCCCCCn1c(=O)c2c(nc3n2CCN3c2cc(C)ccc2C)n(C)c1=O. The van der Waals surface area contributed by atoms with Gasteiger partial charge in [-0.05, 0) is 37.5 Å². The molecule has 0 radical (unpaired) electrons. The van der Waals surface area contributed by atoms with Crippen molar-refractivity contribution in [3.8, 4) is 0 Å². The average Bonchev–Trinajstić information content (AvgIpc) is 3.27. The lowest BCUT2D eigenvalue weighted by atomic mass is 10.1. The summed E-state index contributed by atoms with van der Waals surface area (Å²) in [7, 11) is 1.71. The second-order valence-corrected chi connectivity index (χ2v) is 8.04. The van der Waals surface area contributed by atoms with Crippen LogP contribution in [0, 0.1) is 13.8 Å². The summed E-state index contributed by atoms with van der Waals surface area (Å²) in [6, 6.07) is 6.35. The highest BCUT2D eigenvalue weighted by atomic mass is 16.2. The van der Waals surface area contributed by atoms with Gasteiger partial charge in [0.05, 0.1) is 0 Å². The third-order valence-corrected chi connectivity index (χ3v) is 5.89. The third kappa shape index (κ3) is 3.18. The molecule has 2 aromatic heterocycles. The molecule has 0 saturated carbocycles. The smallest absolute Gasteiger partial charge is 0.310 e. The molecule has 1 aliphatic heterocycles. The van der Waals surface area contributed by atoms with Gasteiger partial charge in [-0.15, -0.1) is 0 Å². The summed E-state index contributed by atoms with van der Waals surface area (Å²) in [5.41, 5.74) is 3.94. The van der Waals surface area contributed by atoms with Crippen molar-refractivity contribution in [2.45, 2.75) is 59.5 Å². The van der Waals surface area contributed by atoms with Gasteiger partial charge in [0.1, 0.15) is 0 Å². The second kappa shape index (κ2) is 7.54. The number of nitrogens with zero attached hydrogens (tertiary/aromatic N) is 5. The minimum atomic E-state index is -0.283. The average molecular weight is 396 g/mol. The number of aryl methyl sites for hydroxylation is 3. The van der Waals surface area contributed by atoms with Crippen LogP contribution in [0.25, 0.3) is 11.2 Å². The lowest BCUT2D eigenvalue weighted by molar-refractivity contribution is 0.538. The van der Waals surface area contributed by atoms with Crippen molar-refractivity contribution in [1.29, 1.82) is 0 Å². The van der Waals surface area contributed by atoms with Crippen LogP contribution in [0.4, 0.5) is 11.6 Å². The fraction of sp³-hybridized carbons (Fsp3) is 0.500. The number of anilines is 2. The van der Waals surface area contributed by atoms with Gasteiger partial charge in [0.2, 0.25) is 5.95 Å². The highest BCUT2D eigenvalue weighted by molar-refractivity contribution is 5.78. The predicted molar refractivity (Wildman–Crippen MR) is 116 cm³/mol. The highest BCUT2D eigenvalue weighted by Gasteiger charge is 2.29. The Hall–Kier alpha value is -2.83. The van der Waals surface area contributed by atoms with Gasteiger partial charge in [0.25, 0.3) is 5.56 Å². The Morgan fingerprint density at radius 3 is 2.62 bits per heavy atom. The molecule has 1 aromatic carbocycles. The maximum atomic E-state index is 13.2. The van der Waals surface area contributed by atoms with Gasteiger partial charge < -0.3 is 9.47 Å². The molecule has 0 saturated heterocycles. The van der Waals surface area contributed by atoms with Crippen molar-refractivity contribution < 1.29 is 0 Å². The van der Waals surface area contributed by atoms with E-state index in [1.165, 1.54) is 20.3 Å². The Morgan fingerprint density at radius 2 is 1.86 bits per heavy atom. The molecule has 4 rings (SSSR count). The molecule has 0 N–H and O–H groups in total. The molecule has 7 nitrogen and oxygen atoms in total. The molecule has 0 unspecified atom stereocenters. The van der Waals surface area contributed by atoms with E-state index in [1.54, 1.807) is 7.05 Å². The molecule has 154 valence electrons. The first-order valence-corrected chi connectivity index (χ1v) is 10.5. The van der Waals surface area contributed by atoms with Crippen molar-refractivity contribution in [3.05, 3.63) is 50.2 Å². The van der Waals surface area contributed by atoms with Gasteiger partial charge in [0, 0.05) is 32.4 Å². The molecule has 0 aliphatic carbocycles. The van der Waals surface area contributed by atoms with Crippen LogP contribution in [0.15, 0.2) is 27.8 Å². The summed E-state index contributed by atoms with van der Waals surface area (Å²) in [6.07, 6.45) is 4.10. The summed E-state index contributed by atoms with van der Waals surface area (Å²) >= 11 is 0. The lowest BCUT2D eigenvalue weighted by Crippen LogP contribution is -2.39. The van der Waals surface area contributed by atoms with E-state index in [2.05, 4.69) is 43.9 Å².